The number of carbonyl (C=O) groups excluding carboxylic acids is 2. The molecular formula is C17H12ClNO3. The van der Waals surface area contributed by atoms with Gasteiger partial charge in [-0.25, -0.2) is 0 Å². The van der Waals surface area contributed by atoms with Crippen LogP contribution in [0.15, 0.2) is 60.7 Å². The third-order valence-corrected chi connectivity index (χ3v) is 3.48. The first-order chi connectivity index (χ1) is 10.7. The van der Waals surface area contributed by atoms with Crippen molar-refractivity contribution in [3.8, 4) is 0 Å². The molecule has 0 atom stereocenters. The lowest BCUT2D eigenvalue weighted by Crippen LogP contribution is -2.31. The standard InChI is InChI=1S/C17H12ClNO3/c18-16(20)17(21)19-11-22-15(13-9-5-2-6-10-13)14(19)12-7-3-1-4-8-12/h1-10H,11H2. The van der Waals surface area contributed by atoms with Gasteiger partial charge >= 0.3 is 11.1 Å². The van der Waals surface area contributed by atoms with Crippen LogP contribution in [-0.2, 0) is 14.3 Å². The number of carbonyl (C=O) groups is 2. The van der Waals surface area contributed by atoms with Gasteiger partial charge in [-0.05, 0) is 11.6 Å². The normalized spacial score (nSPS) is 14.0. The van der Waals surface area contributed by atoms with Crippen molar-refractivity contribution in [2.75, 3.05) is 6.73 Å². The summed E-state index contributed by atoms with van der Waals surface area (Å²) < 4.78 is 5.66. The molecule has 0 bridgehead atoms. The van der Waals surface area contributed by atoms with E-state index in [1.165, 1.54) is 4.90 Å². The molecule has 2 aromatic rings. The van der Waals surface area contributed by atoms with Crippen LogP contribution < -0.4 is 0 Å². The average Bonchev–Trinajstić information content (AvgIpc) is 3.00. The first-order valence-corrected chi connectivity index (χ1v) is 7.05. The van der Waals surface area contributed by atoms with Gasteiger partial charge in [0.2, 0.25) is 0 Å². The minimum Gasteiger partial charge on any atom is -0.470 e. The predicted molar refractivity (Wildman–Crippen MR) is 83.4 cm³/mol. The number of hydrogen-bond acceptors (Lipinski definition) is 3. The Bertz CT molecular complexity index is 741. The molecule has 22 heavy (non-hydrogen) atoms. The smallest absolute Gasteiger partial charge is 0.313 e. The molecule has 0 aliphatic carbocycles. The highest BCUT2D eigenvalue weighted by Gasteiger charge is 2.33. The number of amides is 1. The van der Waals surface area contributed by atoms with E-state index in [-0.39, 0.29) is 6.73 Å². The quantitative estimate of drug-likeness (QED) is 0.646. The zero-order valence-corrected chi connectivity index (χ0v) is 12.3. The third kappa shape index (κ3) is 2.61. The van der Waals surface area contributed by atoms with Gasteiger partial charge < -0.3 is 4.74 Å². The lowest BCUT2D eigenvalue weighted by Gasteiger charge is -2.15. The Labute approximate surface area is 132 Å². The molecule has 3 rings (SSSR count). The van der Waals surface area contributed by atoms with E-state index in [0.29, 0.717) is 11.5 Å². The van der Waals surface area contributed by atoms with Gasteiger partial charge in [0.1, 0.15) is 0 Å². The summed E-state index contributed by atoms with van der Waals surface area (Å²) in [5.41, 5.74) is 2.16. The summed E-state index contributed by atoms with van der Waals surface area (Å²) >= 11 is 5.35. The van der Waals surface area contributed by atoms with E-state index in [0.717, 1.165) is 11.1 Å². The van der Waals surface area contributed by atoms with E-state index >= 15 is 0 Å². The van der Waals surface area contributed by atoms with Crippen LogP contribution in [0.2, 0.25) is 0 Å². The van der Waals surface area contributed by atoms with Gasteiger partial charge in [-0.3, -0.25) is 14.5 Å². The zero-order valence-electron chi connectivity index (χ0n) is 11.5. The Morgan fingerprint density at radius 1 is 0.909 bits per heavy atom. The second kappa shape index (κ2) is 6.03. The first-order valence-electron chi connectivity index (χ1n) is 6.67. The van der Waals surface area contributed by atoms with Gasteiger partial charge in [0.15, 0.2) is 12.5 Å². The maximum absolute atomic E-state index is 12.0. The molecule has 1 heterocycles. The lowest BCUT2D eigenvalue weighted by molar-refractivity contribution is -0.139. The Morgan fingerprint density at radius 2 is 1.45 bits per heavy atom. The highest BCUT2D eigenvalue weighted by Crippen LogP contribution is 2.35. The highest BCUT2D eigenvalue weighted by molar-refractivity contribution is 6.81. The second-order valence-corrected chi connectivity index (χ2v) is 5.03. The molecule has 0 spiro atoms. The van der Waals surface area contributed by atoms with Crippen LogP contribution in [0.1, 0.15) is 11.1 Å². The van der Waals surface area contributed by atoms with E-state index in [1.807, 2.05) is 60.7 Å². The fraction of sp³-hybridized carbons (Fsp3) is 0.0588. The average molecular weight is 314 g/mol. The molecule has 0 unspecified atom stereocenters. The van der Waals surface area contributed by atoms with Crippen LogP contribution in [0.5, 0.6) is 0 Å². The minimum absolute atomic E-state index is 0.0360. The molecule has 0 saturated heterocycles. The number of rotatable bonds is 3. The molecule has 0 N–H and O–H groups in total. The van der Waals surface area contributed by atoms with Crippen LogP contribution in [0.25, 0.3) is 11.5 Å². The fourth-order valence-electron chi connectivity index (χ4n) is 2.34. The Balaban J connectivity index is 2.15. The first kappa shape index (κ1) is 14.4. The van der Waals surface area contributed by atoms with E-state index in [2.05, 4.69) is 0 Å². The van der Waals surface area contributed by atoms with E-state index in [4.69, 9.17) is 16.3 Å². The minimum atomic E-state index is -1.04. The van der Waals surface area contributed by atoms with Crippen molar-refractivity contribution in [2.24, 2.45) is 0 Å². The van der Waals surface area contributed by atoms with E-state index in [9.17, 15) is 9.59 Å². The topological polar surface area (TPSA) is 46.6 Å². The van der Waals surface area contributed by atoms with Crippen LogP contribution in [-0.4, -0.2) is 22.8 Å². The number of nitrogens with zero attached hydrogens (tertiary/aromatic N) is 1. The molecule has 2 aromatic carbocycles. The Morgan fingerprint density at radius 3 is 2.00 bits per heavy atom. The molecule has 4 nitrogen and oxygen atoms in total. The van der Waals surface area contributed by atoms with Gasteiger partial charge in [-0.1, -0.05) is 60.7 Å². The summed E-state index contributed by atoms with van der Waals surface area (Å²) in [4.78, 5) is 24.5. The molecule has 0 aromatic heterocycles. The van der Waals surface area contributed by atoms with Crippen molar-refractivity contribution in [3.05, 3.63) is 71.8 Å². The summed E-state index contributed by atoms with van der Waals surface area (Å²) in [5, 5.41) is -1.04. The fourth-order valence-corrected chi connectivity index (χ4v) is 2.45. The molecule has 1 amide bonds. The number of halogens is 1. The summed E-state index contributed by atoms with van der Waals surface area (Å²) in [7, 11) is 0. The SMILES string of the molecule is O=C(Cl)C(=O)N1COC(c2ccccc2)=C1c1ccccc1. The van der Waals surface area contributed by atoms with Gasteiger partial charge in [0.25, 0.3) is 0 Å². The van der Waals surface area contributed by atoms with Crippen molar-refractivity contribution in [2.45, 2.75) is 0 Å². The van der Waals surface area contributed by atoms with Crippen LogP contribution in [0.4, 0.5) is 0 Å². The van der Waals surface area contributed by atoms with E-state index < -0.39 is 11.1 Å². The van der Waals surface area contributed by atoms with Crippen molar-refractivity contribution in [3.63, 3.8) is 0 Å². The molecule has 110 valence electrons. The monoisotopic (exact) mass is 313 g/mol. The number of ether oxygens (including phenoxy) is 1. The molecule has 1 aliphatic rings. The summed E-state index contributed by atoms with van der Waals surface area (Å²) in [6.45, 7) is -0.0360. The zero-order chi connectivity index (χ0) is 15.5. The molecule has 1 aliphatic heterocycles. The molecular weight excluding hydrogens is 302 g/mol. The highest BCUT2D eigenvalue weighted by atomic mass is 35.5. The number of benzene rings is 2. The summed E-state index contributed by atoms with van der Waals surface area (Å²) in [5.74, 6) is -0.246. The van der Waals surface area contributed by atoms with Crippen LogP contribution in [0.3, 0.4) is 0 Å². The maximum Gasteiger partial charge on any atom is 0.313 e. The molecule has 0 radical (unpaired) electrons. The van der Waals surface area contributed by atoms with Gasteiger partial charge in [-0.2, -0.15) is 0 Å². The third-order valence-electron chi connectivity index (χ3n) is 3.32. The second-order valence-electron chi connectivity index (χ2n) is 4.69. The molecule has 5 heteroatoms. The van der Waals surface area contributed by atoms with Crippen molar-refractivity contribution >= 4 is 34.2 Å². The predicted octanol–water partition coefficient (Wildman–Crippen LogP) is 3.09. The molecule has 0 saturated carbocycles. The summed E-state index contributed by atoms with van der Waals surface area (Å²) in [6, 6.07) is 18.7. The van der Waals surface area contributed by atoms with Crippen molar-refractivity contribution < 1.29 is 14.3 Å². The number of hydrogen-bond donors (Lipinski definition) is 0. The largest absolute Gasteiger partial charge is 0.470 e. The Kier molecular flexibility index (Phi) is 3.94. The van der Waals surface area contributed by atoms with Crippen LogP contribution in [0, 0.1) is 0 Å². The lowest BCUT2D eigenvalue weighted by atomic mass is 10.1. The van der Waals surface area contributed by atoms with Gasteiger partial charge in [-0.15, -0.1) is 0 Å². The van der Waals surface area contributed by atoms with Crippen molar-refractivity contribution in [1.29, 1.82) is 0 Å². The van der Waals surface area contributed by atoms with Gasteiger partial charge in [0, 0.05) is 11.1 Å². The van der Waals surface area contributed by atoms with Crippen molar-refractivity contribution in [1.82, 2.24) is 4.90 Å². The van der Waals surface area contributed by atoms with Gasteiger partial charge in [0.05, 0.1) is 5.70 Å². The van der Waals surface area contributed by atoms with Crippen LogP contribution >= 0.6 is 11.6 Å². The molecule has 0 fully saturated rings. The maximum atomic E-state index is 12.0. The Hall–Kier alpha value is -2.59. The van der Waals surface area contributed by atoms with E-state index in [1.54, 1.807) is 0 Å². The summed E-state index contributed by atoms with van der Waals surface area (Å²) in [6.07, 6.45) is 0.